The number of para-hydroxylation sites is 1. The number of halogens is 5. The zero-order valence-corrected chi connectivity index (χ0v) is 15.5. The van der Waals surface area contributed by atoms with Crippen LogP contribution in [0, 0.1) is 6.92 Å². The minimum absolute atomic E-state index is 0.0140. The number of nitrogens with zero attached hydrogens (tertiary/aromatic N) is 3. The molecule has 2 aromatic rings. The van der Waals surface area contributed by atoms with Gasteiger partial charge in [-0.1, -0.05) is 43.1 Å². The first-order valence-electron chi connectivity index (χ1n) is 7.44. The molecule has 5 nitrogen and oxygen atoms in total. The lowest BCUT2D eigenvalue weighted by molar-refractivity contribution is -0.141. The molecule has 1 aromatic carbocycles. The summed E-state index contributed by atoms with van der Waals surface area (Å²) in [6.45, 7) is 4.63. The van der Waals surface area contributed by atoms with E-state index >= 15 is 0 Å². The summed E-state index contributed by atoms with van der Waals surface area (Å²) in [5.74, 6) is -0.900. The zero-order chi connectivity index (χ0) is 19.8. The van der Waals surface area contributed by atoms with Crippen LogP contribution in [0.1, 0.15) is 36.7 Å². The fourth-order valence-corrected chi connectivity index (χ4v) is 3.04. The molecule has 0 saturated carbocycles. The Kier molecular flexibility index (Phi) is 5.67. The Labute approximate surface area is 157 Å². The summed E-state index contributed by atoms with van der Waals surface area (Å²) < 4.78 is 40.3. The molecule has 2 N–H and O–H groups in total. The molecule has 0 atom stereocenters. The molecule has 0 aliphatic heterocycles. The third-order valence-electron chi connectivity index (χ3n) is 3.57. The smallest absolute Gasteiger partial charge is 0.351 e. The highest BCUT2D eigenvalue weighted by molar-refractivity contribution is 6.40. The number of aromatic nitrogens is 2. The summed E-state index contributed by atoms with van der Waals surface area (Å²) in [6, 6.07) is 3.23. The van der Waals surface area contributed by atoms with Gasteiger partial charge in [-0.05, 0) is 25.0 Å². The maximum absolute atomic E-state index is 13.4. The third kappa shape index (κ3) is 3.86. The minimum atomic E-state index is -4.74. The largest absolute Gasteiger partial charge is 0.433 e. The molecular formula is C16H15Cl2F3N4O. The van der Waals surface area contributed by atoms with Crippen LogP contribution in [0.4, 0.5) is 29.6 Å². The highest BCUT2D eigenvalue weighted by atomic mass is 35.5. The van der Waals surface area contributed by atoms with Crippen molar-refractivity contribution < 1.29 is 18.0 Å². The van der Waals surface area contributed by atoms with Gasteiger partial charge in [-0.3, -0.25) is 0 Å². The van der Waals surface area contributed by atoms with Crippen LogP contribution in [0.25, 0.3) is 0 Å². The first-order valence-corrected chi connectivity index (χ1v) is 8.20. The van der Waals surface area contributed by atoms with Gasteiger partial charge in [0.1, 0.15) is 0 Å². The fourth-order valence-electron chi connectivity index (χ4n) is 2.47. The number of nitrogens with two attached hydrogens (primary N) is 1. The van der Waals surface area contributed by atoms with Crippen molar-refractivity contribution in [1.82, 2.24) is 9.97 Å². The van der Waals surface area contributed by atoms with E-state index in [0.717, 1.165) is 0 Å². The lowest BCUT2D eigenvalue weighted by Crippen LogP contribution is -2.34. The van der Waals surface area contributed by atoms with Gasteiger partial charge in [0.15, 0.2) is 5.69 Å². The summed E-state index contributed by atoms with van der Waals surface area (Å²) in [5, 5.41) is 0.0280. The molecule has 0 bridgehead atoms. The summed E-state index contributed by atoms with van der Waals surface area (Å²) in [5.41, 5.74) is 4.15. The number of amides is 2. The van der Waals surface area contributed by atoms with E-state index in [4.69, 9.17) is 28.9 Å². The molecular weight excluding hydrogens is 392 g/mol. The Morgan fingerprint density at radius 3 is 2.15 bits per heavy atom. The van der Waals surface area contributed by atoms with E-state index in [9.17, 15) is 18.0 Å². The predicted octanol–water partition coefficient (Wildman–Crippen LogP) is 5.45. The van der Waals surface area contributed by atoms with Crippen molar-refractivity contribution in [3.05, 3.63) is 45.2 Å². The number of urea groups is 1. The minimum Gasteiger partial charge on any atom is -0.351 e. The van der Waals surface area contributed by atoms with Crippen molar-refractivity contribution in [1.29, 1.82) is 0 Å². The molecule has 0 saturated heterocycles. The van der Waals surface area contributed by atoms with Crippen LogP contribution in [0.5, 0.6) is 0 Å². The topological polar surface area (TPSA) is 72.1 Å². The predicted molar refractivity (Wildman–Crippen MR) is 94.0 cm³/mol. The van der Waals surface area contributed by atoms with Crippen LogP contribution in [0.2, 0.25) is 10.0 Å². The quantitative estimate of drug-likeness (QED) is 0.736. The number of hydrogen-bond donors (Lipinski definition) is 1. The first-order chi connectivity index (χ1) is 11.9. The van der Waals surface area contributed by atoms with Gasteiger partial charge in [-0.25, -0.2) is 19.7 Å². The zero-order valence-electron chi connectivity index (χ0n) is 14.0. The number of primary amides is 1. The summed E-state index contributed by atoms with van der Waals surface area (Å²) >= 11 is 12.1. The van der Waals surface area contributed by atoms with Gasteiger partial charge in [0.2, 0.25) is 5.95 Å². The van der Waals surface area contributed by atoms with Gasteiger partial charge in [0.25, 0.3) is 0 Å². The molecule has 0 fully saturated rings. The number of alkyl halides is 3. The standard InChI is InChI=1S/C16H15Cl2F3N4O/c1-7(2)11-8(3)13(16(19,20)21)24-15(23-11)25(14(22)26)12-9(17)5-4-6-10(12)18/h4-7H,1-3H3,(H2,22,26). The molecule has 0 radical (unpaired) electrons. The average molecular weight is 407 g/mol. The Balaban J connectivity index is 2.82. The molecule has 1 aromatic heterocycles. The Hall–Kier alpha value is -2.06. The van der Waals surface area contributed by atoms with Gasteiger partial charge in [-0.15, -0.1) is 0 Å². The van der Waals surface area contributed by atoms with Gasteiger partial charge >= 0.3 is 12.2 Å². The van der Waals surface area contributed by atoms with Crippen LogP contribution in [0.3, 0.4) is 0 Å². The van der Waals surface area contributed by atoms with E-state index in [1.54, 1.807) is 13.8 Å². The molecule has 26 heavy (non-hydrogen) atoms. The van der Waals surface area contributed by atoms with Crippen LogP contribution < -0.4 is 10.6 Å². The SMILES string of the molecule is Cc1c(C(C)C)nc(N(C(N)=O)c2c(Cl)cccc2Cl)nc1C(F)(F)F. The number of rotatable bonds is 3. The van der Waals surface area contributed by atoms with E-state index in [-0.39, 0.29) is 32.9 Å². The average Bonchev–Trinajstić information content (AvgIpc) is 2.50. The summed E-state index contributed by atoms with van der Waals surface area (Å²) in [6.07, 6.45) is -4.74. The number of carbonyl (C=O) groups excluding carboxylic acids is 1. The second-order valence-corrected chi connectivity index (χ2v) is 6.59. The van der Waals surface area contributed by atoms with Gasteiger partial charge in [-0.2, -0.15) is 13.2 Å². The van der Waals surface area contributed by atoms with Crippen LogP contribution >= 0.6 is 23.2 Å². The molecule has 10 heteroatoms. The Morgan fingerprint density at radius 2 is 1.73 bits per heavy atom. The van der Waals surface area contributed by atoms with Crippen molar-refractivity contribution in [3.63, 3.8) is 0 Å². The Morgan fingerprint density at radius 1 is 1.19 bits per heavy atom. The van der Waals surface area contributed by atoms with Gasteiger partial charge < -0.3 is 5.73 Å². The van der Waals surface area contributed by atoms with E-state index in [1.165, 1.54) is 25.1 Å². The van der Waals surface area contributed by atoms with Crippen molar-refractivity contribution in [2.75, 3.05) is 4.90 Å². The van der Waals surface area contributed by atoms with Crippen molar-refractivity contribution in [2.24, 2.45) is 5.73 Å². The van der Waals surface area contributed by atoms with E-state index in [2.05, 4.69) is 9.97 Å². The van der Waals surface area contributed by atoms with Crippen LogP contribution in [-0.4, -0.2) is 16.0 Å². The molecule has 2 rings (SSSR count). The van der Waals surface area contributed by atoms with Crippen molar-refractivity contribution in [2.45, 2.75) is 32.9 Å². The highest BCUT2D eigenvalue weighted by Gasteiger charge is 2.38. The second kappa shape index (κ2) is 7.28. The van der Waals surface area contributed by atoms with Crippen LogP contribution in [0.15, 0.2) is 18.2 Å². The number of carbonyl (C=O) groups is 1. The van der Waals surface area contributed by atoms with Crippen molar-refractivity contribution in [3.8, 4) is 0 Å². The second-order valence-electron chi connectivity index (χ2n) is 5.78. The number of benzene rings is 1. The van der Waals surface area contributed by atoms with E-state index < -0.39 is 23.8 Å². The lowest BCUT2D eigenvalue weighted by Gasteiger charge is -2.24. The fraction of sp³-hybridized carbons (Fsp3) is 0.312. The monoisotopic (exact) mass is 406 g/mol. The van der Waals surface area contributed by atoms with E-state index in [0.29, 0.717) is 4.90 Å². The van der Waals surface area contributed by atoms with Crippen molar-refractivity contribution >= 4 is 40.9 Å². The highest BCUT2D eigenvalue weighted by Crippen LogP contribution is 2.39. The Bertz CT molecular complexity index is 836. The maximum Gasteiger partial charge on any atom is 0.433 e. The maximum atomic E-state index is 13.4. The molecule has 0 aliphatic carbocycles. The first kappa shape index (κ1) is 20.3. The summed E-state index contributed by atoms with van der Waals surface area (Å²) in [4.78, 5) is 20.3. The molecule has 1 heterocycles. The number of anilines is 2. The van der Waals surface area contributed by atoms with Gasteiger partial charge in [0.05, 0.1) is 21.4 Å². The van der Waals surface area contributed by atoms with Crippen LogP contribution in [-0.2, 0) is 6.18 Å². The molecule has 2 amide bonds. The van der Waals surface area contributed by atoms with Gasteiger partial charge in [0, 0.05) is 5.56 Å². The molecule has 0 unspecified atom stereocenters. The summed E-state index contributed by atoms with van der Waals surface area (Å²) in [7, 11) is 0. The van der Waals surface area contributed by atoms with E-state index in [1.807, 2.05) is 0 Å². The normalized spacial score (nSPS) is 11.7. The third-order valence-corrected chi connectivity index (χ3v) is 4.18. The molecule has 0 aliphatic rings. The molecule has 140 valence electrons. The number of hydrogen-bond acceptors (Lipinski definition) is 3. The molecule has 0 spiro atoms. The lowest BCUT2D eigenvalue weighted by atomic mass is 10.0.